The monoisotopic (exact) mass is 232 g/mol. The van der Waals surface area contributed by atoms with Crippen molar-refractivity contribution in [1.82, 2.24) is 0 Å². The fourth-order valence-electron chi connectivity index (χ4n) is 0.712. The molecule has 0 aliphatic rings. The zero-order valence-electron chi connectivity index (χ0n) is 7.56. The fourth-order valence-corrected chi connectivity index (χ4v) is 1.01. The Balaban J connectivity index is 4.67. The lowest BCUT2D eigenvalue weighted by Gasteiger charge is -2.04. The van der Waals surface area contributed by atoms with Gasteiger partial charge >= 0.3 is 5.97 Å². The minimum atomic E-state index is -0.356. The van der Waals surface area contributed by atoms with Crippen LogP contribution in [0.1, 0.15) is 13.8 Å². The molecular formula is C9H13BrO2. The maximum atomic E-state index is 11.1. The van der Waals surface area contributed by atoms with Crippen LogP contribution in [-0.4, -0.2) is 13.1 Å². The predicted molar refractivity (Wildman–Crippen MR) is 53.0 cm³/mol. The topological polar surface area (TPSA) is 26.3 Å². The lowest BCUT2D eigenvalue weighted by molar-refractivity contribution is -0.135. The van der Waals surface area contributed by atoms with Gasteiger partial charge in [0.2, 0.25) is 0 Å². The highest BCUT2D eigenvalue weighted by Crippen LogP contribution is 2.17. The number of hydrogen-bond donors (Lipinski definition) is 0. The summed E-state index contributed by atoms with van der Waals surface area (Å²) in [7, 11) is 1.35. The summed E-state index contributed by atoms with van der Waals surface area (Å²) in [4.78, 5) is 11.1. The number of ether oxygens (including phenoxy) is 1. The number of carbonyl (C=O) groups excluding carboxylic acids is 1. The second-order valence-corrected chi connectivity index (χ2v) is 3.68. The summed E-state index contributed by atoms with van der Waals surface area (Å²) in [6.45, 7) is 7.60. The standard InChI is InChI=1S/C9H13BrO2/c1-6(2)5-8(7(3)10)9(11)12-4/h5-6H,3H2,1-2,4H3/b8-5+. The van der Waals surface area contributed by atoms with Crippen LogP contribution in [0.5, 0.6) is 0 Å². The van der Waals surface area contributed by atoms with Crippen LogP contribution in [0.25, 0.3) is 0 Å². The van der Waals surface area contributed by atoms with Crippen molar-refractivity contribution >= 4 is 21.9 Å². The molecule has 0 aliphatic carbocycles. The molecule has 0 N–H and O–H groups in total. The summed E-state index contributed by atoms with van der Waals surface area (Å²) >= 11 is 3.15. The minimum Gasteiger partial charge on any atom is -0.465 e. The minimum absolute atomic E-state index is 0.299. The van der Waals surface area contributed by atoms with Gasteiger partial charge in [0.1, 0.15) is 0 Å². The Kier molecular flexibility index (Phi) is 4.90. The van der Waals surface area contributed by atoms with Crippen molar-refractivity contribution in [2.45, 2.75) is 13.8 Å². The van der Waals surface area contributed by atoms with Crippen LogP contribution < -0.4 is 0 Å². The van der Waals surface area contributed by atoms with Gasteiger partial charge in [-0.1, -0.05) is 42.4 Å². The van der Waals surface area contributed by atoms with E-state index in [9.17, 15) is 4.79 Å². The van der Waals surface area contributed by atoms with Crippen LogP contribution in [0, 0.1) is 5.92 Å². The van der Waals surface area contributed by atoms with Crippen molar-refractivity contribution < 1.29 is 9.53 Å². The molecule has 0 aliphatic heterocycles. The average Bonchev–Trinajstić information content (AvgIpc) is 1.98. The molecule has 0 saturated carbocycles. The zero-order chi connectivity index (χ0) is 9.72. The summed E-state index contributed by atoms with van der Waals surface area (Å²) in [5.41, 5.74) is 0.493. The van der Waals surface area contributed by atoms with Crippen LogP contribution in [0.2, 0.25) is 0 Å². The number of carbonyl (C=O) groups is 1. The number of rotatable bonds is 3. The molecule has 0 radical (unpaired) electrons. The zero-order valence-corrected chi connectivity index (χ0v) is 9.14. The second kappa shape index (κ2) is 5.14. The van der Waals surface area contributed by atoms with Crippen molar-refractivity contribution in [3.63, 3.8) is 0 Å². The highest BCUT2D eigenvalue weighted by Gasteiger charge is 2.11. The largest absolute Gasteiger partial charge is 0.465 e. The van der Waals surface area contributed by atoms with E-state index in [-0.39, 0.29) is 5.97 Å². The van der Waals surface area contributed by atoms with Crippen molar-refractivity contribution in [3.8, 4) is 0 Å². The maximum absolute atomic E-state index is 11.1. The molecule has 0 amide bonds. The van der Waals surface area contributed by atoms with Gasteiger partial charge in [-0.15, -0.1) is 0 Å². The number of hydrogen-bond acceptors (Lipinski definition) is 2. The van der Waals surface area contributed by atoms with Gasteiger partial charge in [0.25, 0.3) is 0 Å². The molecule has 68 valence electrons. The molecular weight excluding hydrogens is 220 g/mol. The summed E-state index contributed by atoms with van der Waals surface area (Å²) in [5.74, 6) is -0.0565. The number of allylic oxidation sites excluding steroid dienone is 1. The van der Waals surface area contributed by atoms with Crippen LogP contribution in [0.15, 0.2) is 22.7 Å². The van der Waals surface area contributed by atoms with E-state index in [1.54, 1.807) is 0 Å². The van der Waals surface area contributed by atoms with E-state index >= 15 is 0 Å². The maximum Gasteiger partial charge on any atom is 0.338 e. The van der Waals surface area contributed by atoms with E-state index in [4.69, 9.17) is 0 Å². The molecule has 0 fully saturated rings. The van der Waals surface area contributed by atoms with E-state index in [1.165, 1.54) is 7.11 Å². The summed E-state index contributed by atoms with van der Waals surface area (Å²) in [6.07, 6.45) is 1.81. The number of esters is 1. The van der Waals surface area contributed by atoms with Gasteiger partial charge in [0, 0.05) is 4.48 Å². The lowest BCUT2D eigenvalue weighted by atomic mass is 10.1. The van der Waals surface area contributed by atoms with Gasteiger partial charge in [0.05, 0.1) is 12.7 Å². The van der Waals surface area contributed by atoms with E-state index in [0.29, 0.717) is 16.0 Å². The predicted octanol–water partition coefficient (Wildman–Crippen LogP) is 2.65. The van der Waals surface area contributed by atoms with E-state index in [1.807, 2.05) is 19.9 Å². The van der Waals surface area contributed by atoms with E-state index in [0.717, 1.165) is 0 Å². The molecule has 0 unspecified atom stereocenters. The van der Waals surface area contributed by atoms with Gasteiger partial charge in [-0.05, 0) is 5.92 Å². The molecule has 0 spiro atoms. The van der Waals surface area contributed by atoms with Gasteiger partial charge in [-0.25, -0.2) is 4.79 Å². The summed E-state index contributed by atoms with van der Waals surface area (Å²) < 4.78 is 5.13. The molecule has 0 aromatic carbocycles. The Morgan fingerprint density at radius 3 is 2.33 bits per heavy atom. The first-order valence-electron chi connectivity index (χ1n) is 3.64. The third-order valence-corrected chi connectivity index (χ3v) is 1.62. The average molecular weight is 233 g/mol. The SMILES string of the molecule is C=C(Br)/C(=C\C(C)C)C(=O)OC. The third-order valence-electron chi connectivity index (χ3n) is 1.20. The van der Waals surface area contributed by atoms with Crippen molar-refractivity contribution in [2.75, 3.05) is 7.11 Å². The Morgan fingerprint density at radius 1 is 1.58 bits per heavy atom. The molecule has 0 aromatic rings. The fraction of sp³-hybridized carbons (Fsp3) is 0.444. The van der Waals surface area contributed by atoms with Crippen molar-refractivity contribution in [3.05, 3.63) is 22.7 Å². The molecule has 12 heavy (non-hydrogen) atoms. The molecule has 3 heteroatoms. The van der Waals surface area contributed by atoms with Crippen LogP contribution >= 0.6 is 15.9 Å². The molecule has 2 nitrogen and oxygen atoms in total. The van der Waals surface area contributed by atoms with Crippen LogP contribution in [0.3, 0.4) is 0 Å². The van der Waals surface area contributed by atoms with Crippen LogP contribution in [-0.2, 0) is 9.53 Å². The third kappa shape index (κ3) is 3.72. The Labute approximate surface area is 81.4 Å². The summed E-state index contributed by atoms with van der Waals surface area (Å²) in [5, 5.41) is 0. The molecule has 0 saturated heterocycles. The normalized spacial score (nSPS) is 11.6. The molecule has 0 bridgehead atoms. The van der Waals surface area contributed by atoms with Gasteiger partial charge in [-0.2, -0.15) is 0 Å². The smallest absolute Gasteiger partial charge is 0.338 e. The van der Waals surface area contributed by atoms with Gasteiger partial charge in [0.15, 0.2) is 0 Å². The molecule has 0 rings (SSSR count). The van der Waals surface area contributed by atoms with Crippen LogP contribution in [0.4, 0.5) is 0 Å². The van der Waals surface area contributed by atoms with Crippen molar-refractivity contribution in [2.24, 2.45) is 5.92 Å². The Bertz CT molecular complexity index is 217. The van der Waals surface area contributed by atoms with Crippen molar-refractivity contribution in [1.29, 1.82) is 0 Å². The second-order valence-electron chi connectivity index (χ2n) is 2.72. The first-order chi connectivity index (χ1) is 5.49. The lowest BCUT2D eigenvalue weighted by Crippen LogP contribution is -2.05. The molecule has 0 heterocycles. The molecule has 0 atom stereocenters. The van der Waals surface area contributed by atoms with Gasteiger partial charge < -0.3 is 4.74 Å². The Morgan fingerprint density at radius 2 is 2.08 bits per heavy atom. The quantitative estimate of drug-likeness (QED) is 0.425. The van der Waals surface area contributed by atoms with Gasteiger partial charge in [-0.3, -0.25) is 0 Å². The first-order valence-corrected chi connectivity index (χ1v) is 4.43. The molecule has 0 aromatic heterocycles. The van der Waals surface area contributed by atoms with E-state index < -0.39 is 0 Å². The highest BCUT2D eigenvalue weighted by molar-refractivity contribution is 9.12. The number of halogens is 1. The number of methoxy groups -OCH3 is 1. The Hall–Kier alpha value is -0.570. The van der Waals surface area contributed by atoms with E-state index in [2.05, 4.69) is 27.2 Å². The summed E-state index contributed by atoms with van der Waals surface area (Å²) in [6, 6.07) is 0. The highest BCUT2D eigenvalue weighted by atomic mass is 79.9. The first kappa shape index (κ1) is 11.4.